The van der Waals surface area contributed by atoms with Crippen molar-refractivity contribution in [2.75, 3.05) is 6.54 Å². The molecule has 0 fully saturated rings. The van der Waals surface area contributed by atoms with Gasteiger partial charge in [0, 0.05) is 22.9 Å². The third kappa shape index (κ3) is 4.83. The van der Waals surface area contributed by atoms with Gasteiger partial charge in [-0.25, -0.2) is 0 Å². The van der Waals surface area contributed by atoms with Crippen LogP contribution in [0, 0.1) is 0 Å². The zero-order valence-electron chi connectivity index (χ0n) is 10.5. The number of hydrogen-bond donors (Lipinski definition) is 1. The average Bonchev–Trinajstić information content (AvgIpc) is 2.43. The molecule has 0 saturated heterocycles. The molecule has 1 N–H and O–H groups in total. The maximum Gasteiger partial charge on any atom is 0.226 e. The fraction of sp³-hybridized carbons (Fsp3) is 0.200. The minimum absolute atomic E-state index is 0.00533. The number of pyridine rings is 1. The van der Waals surface area contributed by atoms with Crippen molar-refractivity contribution in [2.24, 2.45) is 0 Å². The van der Waals surface area contributed by atoms with Crippen LogP contribution in [0.25, 0.3) is 0 Å². The van der Waals surface area contributed by atoms with Crippen molar-refractivity contribution in [1.82, 2.24) is 10.3 Å². The fourth-order valence-electron chi connectivity index (χ4n) is 1.73. The van der Waals surface area contributed by atoms with Crippen LogP contribution in [-0.2, 0) is 17.6 Å². The SMILES string of the molecule is O=C(Cc1ccc(Br)cn1)NCCc1ccccc1. The lowest BCUT2D eigenvalue weighted by Gasteiger charge is -2.05. The Balaban J connectivity index is 1.74. The van der Waals surface area contributed by atoms with E-state index < -0.39 is 0 Å². The van der Waals surface area contributed by atoms with E-state index in [0.29, 0.717) is 13.0 Å². The second-order valence-corrected chi connectivity index (χ2v) is 5.15. The summed E-state index contributed by atoms with van der Waals surface area (Å²) in [6.45, 7) is 0.652. The van der Waals surface area contributed by atoms with Gasteiger partial charge < -0.3 is 5.32 Å². The predicted octanol–water partition coefficient (Wildman–Crippen LogP) is 2.75. The summed E-state index contributed by atoms with van der Waals surface area (Å²) < 4.78 is 0.917. The lowest BCUT2D eigenvalue weighted by Crippen LogP contribution is -2.27. The minimum Gasteiger partial charge on any atom is -0.355 e. The van der Waals surface area contributed by atoms with Crippen molar-refractivity contribution in [3.8, 4) is 0 Å². The van der Waals surface area contributed by atoms with Crippen LogP contribution in [0.4, 0.5) is 0 Å². The van der Waals surface area contributed by atoms with Gasteiger partial charge in [0.1, 0.15) is 0 Å². The van der Waals surface area contributed by atoms with E-state index in [9.17, 15) is 4.79 Å². The molecule has 0 aliphatic rings. The first-order valence-corrected chi connectivity index (χ1v) is 6.94. The van der Waals surface area contributed by atoms with Gasteiger partial charge in [0.05, 0.1) is 6.42 Å². The Hall–Kier alpha value is -1.68. The Morgan fingerprint density at radius 1 is 1.16 bits per heavy atom. The van der Waals surface area contributed by atoms with Crippen LogP contribution >= 0.6 is 15.9 Å². The number of carbonyl (C=O) groups excluding carboxylic acids is 1. The summed E-state index contributed by atoms with van der Waals surface area (Å²) in [6, 6.07) is 13.8. The van der Waals surface area contributed by atoms with Crippen LogP contribution in [0.15, 0.2) is 53.1 Å². The molecule has 0 aliphatic carbocycles. The Kier molecular flexibility index (Phi) is 5.10. The molecule has 1 aromatic heterocycles. The molecule has 0 atom stereocenters. The van der Waals surface area contributed by atoms with Crippen molar-refractivity contribution < 1.29 is 4.79 Å². The molecule has 2 rings (SSSR count). The number of nitrogens with zero attached hydrogens (tertiary/aromatic N) is 1. The quantitative estimate of drug-likeness (QED) is 0.921. The molecule has 98 valence electrons. The summed E-state index contributed by atoms with van der Waals surface area (Å²) in [4.78, 5) is 15.9. The molecule has 0 unspecified atom stereocenters. The average molecular weight is 319 g/mol. The zero-order valence-corrected chi connectivity index (χ0v) is 12.1. The predicted molar refractivity (Wildman–Crippen MR) is 78.8 cm³/mol. The van der Waals surface area contributed by atoms with Crippen LogP contribution in [0.3, 0.4) is 0 Å². The normalized spacial score (nSPS) is 10.2. The van der Waals surface area contributed by atoms with Gasteiger partial charge in [-0.2, -0.15) is 0 Å². The van der Waals surface area contributed by atoms with Crippen molar-refractivity contribution in [3.05, 3.63) is 64.4 Å². The molecule has 1 aromatic carbocycles. The number of benzene rings is 1. The smallest absolute Gasteiger partial charge is 0.226 e. The number of halogens is 1. The van der Waals surface area contributed by atoms with E-state index in [1.54, 1.807) is 6.20 Å². The monoisotopic (exact) mass is 318 g/mol. The van der Waals surface area contributed by atoms with E-state index in [4.69, 9.17) is 0 Å². The summed E-state index contributed by atoms with van der Waals surface area (Å²) in [6.07, 6.45) is 2.87. The minimum atomic E-state index is 0.00533. The third-order valence-electron chi connectivity index (χ3n) is 2.71. The van der Waals surface area contributed by atoms with Gasteiger partial charge in [-0.1, -0.05) is 30.3 Å². The fourth-order valence-corrected chi connectivity index (χ4v) is 1.96. The highest BCUT2D eigenvalue weighted by molar-refractivity contribution is 9.10. The number of amides is 1. The van der Waals surface area contributed by atoms with Gasteiger partial charge in [-0.15, -0.1) is 0 Å². The lowest BCUT2D eigenvalue weighted by atomic mass is 10.1. The zero-order chi connectivity index (χ0) is 13.5. The summed E-state index contributed by atoms with van der Waals surface area (Å²) in [5.41, 5.74) is 2.00. The molecule has 19 heavy (non-hydrogen) atoms. The molecule has 0 aliphatic heterocycles. The molecule has 2 aromatic rings. The van der Waals surface area contributed by atoms with Gasteiger partial charge in [0.15, 0.2) is 0 Å². The largest absolute Gasteiger partial charge is 0.355 e. The summed E-state index contributed by atoms with van der Waals surface area (Å²) in [5.74, 6) is 0.00533. The summed E-state index contributed by atoms with van der Waals surface area (Å²) in [7, 11) is 0. The Morgan fingerprint density at radius 3 is 2.63 bits per heavy atom. The van der Waals surface area contributed by atoms with Crippen molar-refractivity contribution in [1.29, 1.82) is 0 Å². The third-order valence-corrected chi connectivity index (χ3v) is 3.18. The van der Waals surface area contributed by atoms with Gasteiger partial charge in [-0.05, 0) is 40.0 Å². The first kappa shape index (κ1) is 13.7. The first-order valence-electron chi connectivity index (χ1n) is 6.15. The molecule has 1 heterocycles. The highest BCUT2D eigenvalue weighted by atomic mass is 79.9. The maximum absolute atomic E-state index is 11.7. The molecule has 0 bridgehead atoms. The van der Waals surface area contributed by atoms with Gasteiger partial charge in [0.2, 0.25) is 5.91 Å². The topological polar surface area (TPSA) is 42.0 Å². The van der Waals surface area contributed by atoms with Gasteiger partial charge in [0.25, 0.3) is 0 Å². The standard InChI is InChI=1S/C15H15BrN2O/c16-13-6-7-14(18-11-13)10-15(19)17-9-8-12-4-2-1-3-5-12/h1-7,11H,8-10H2,(H,17,19). The van der Waals surface area contributed by atoms with Gasteiger partial charge in [-0.3, -0.25) is 9.78 Å². The molecule has 1 amide bonds. The van der Waals surface area contributed by atoms with E-state index >= 15 is 0 Å². The number of hydrogen-bond acceptors (Lipinski definition) is 2. The van der Waals surface area contributed by atoms with Crippen molar-refractivity contribution in [2.45, 2.75) is 12.8 Å². The van der Waals surface area contributed by atoms with E-state index in [0.717, 1.165) is 16.6 Å². The maximum atomic E-state index is 11.7. The van der Waals surface area contributed by atoms with Crippen LogP contribution < -0.4 is 5.32 Å². The van der Waals surface area contributed by atoms with Crippen LogP contribution in [-0.4, -0.2) is 17.4 Å². The number of nitrogens with one attached hydrogen (secondary N) is 1. The van der Waals surface area contributed by atoms with E-state index in [1.165, 1.54) is 5.56 Å². The highest BCUT2D eigenvalue weighted by Gasteiger charge is 2.03. The molecule has 0 saturated carbocycles. The number of rotatable bonds is 5. The van der Waals surface area contributed by atoms with E-state index in [2.05, 4.69) is 38.4 Å². The Labute approximate surface area is 121 Å². The summed E-state index contributed by atoms with van der Waals surface area (Å²) >= 11 is 3.32. The molecule has 3 nitrogen and oxygen atoms in total. The van der Waals surface area contributed by atoms with E-state index in [1.807, 2.05) is 30.3 Å². The number of aromatic nitrogens is 1. The van der Waals surface area contributed by atoms with Crippen molar-refractivity contribution >= 4 is 21.8 Å². The highest BCUT2D eigenvalue weighted by Crippen LogP contribution is 2.07. The Morgan fingerprint density at radius 2 is 1.95 bits per heavy atom. The van der Waals surface area contributed by atoms with Crippen LogP contribution in [0.5, 0.6) is 0 Å². The molecular formula is C15H15BrN2O. The van der Waals surface area contributed by atoms with Crippen LogP contribution in [0.1, 0.15) is 11.3 Å². The second-order valence-electron chi connectivity index (χ2n) is 4.23. The second kappa shape index (κ2) is 7.04. The van der Waals surface area contributed by atoms with Crippen molar-refractivity contribution in [3.63, 3.8) is 0 Å². The van der Waals surface area contributed by atoms with E-state index in [-0.39, 0.29) is 5.91 Å². The number of carbonyl (C=O) groups is 1. The summed E-state index contributed by atoms with van der Waals surface area (Å²) in [5, 5.41) is 2.90. The Bertz CT molecular complexity index is 526. The first-order chi connectivity index (χ1) is 9.24. The molecule has 0 spiro atoms. The van der Waals surface area contributed by atoms with Gasteiger partial charge >= 0.3 is 0 Å². The molecule has 0 radical (unpaired) electrons. The lowest BCUT2D eigenvalue weighted by molar-refractivity contribution is -0.120. The molecular weight excluding hydrogens is 304 g/mol. The molecule has 4 heteroatoms. The van der Waals surface area contributed by atoms with Crippen LogP contribution in [0.2, 0.25) is 0 Å².